The quantitative estimate of drug-likeness (QED) is 0.0971. The van der Waals surface area contributed by atoms with Gasteiger partial charge in [-0.15, -0.1) is 0 Å². The number of hydrogen-bond acceptors (Lipinski definition) is 4. The largest absolute Gasteiger partial charge is 0.494 e. The summed E-state index contributed by atoms with van der Waals surface area (Å²) in [4.78, 5) is 17.1. The summed E-state index contributed by atoms with van der Waals surface area (Å²) in [6.45, 7) is 2.91. The van der Waals surface area contributed by atoms with Gasteiger partial charge in [-0.2, -0.15) is 0 Å². The van der Waals surface area contributed by atoms with Crippen LogP contribution in [0.25, 0.3) is 10.8 Å². The van der Waals surface area contributed by atoms with Gasteiger partial charge in [0.05, 0.1) is 17.9 Å². The molecule has 0 saturated heterocycles. The summed E-state index contributed by atoms with van der Waals surface area (Å²) in [5.41, 5.74) is 2.31. The van der Waals surface area contributed by atoms with Crippen molar-refractivity contribution in [3.05, 3.63) is 102 Å². The molecule has 0 heterocycles. The third-order valence-electron chi connectivity index (χ3n) is 5.79. The van der Waals surface area contributed by atoms with E-state index in [0.29, 0.717) is 17.9 Å². The van der Waals surface area contributed by atoms with Gasteiger partial charge in [0.25, 0.3) is 0 Å². The molecule has 0 fully saturated rings. The lowest BCUT2D eigenvalue weighted by Gasteiger charge is -2.08. The fraction of sp³-hybridized carbons (Fsp3) is 0.226. The Morgan fingerprint density at radius 2 is 1.49 bits per heavy atom. The fourth-order valence-corrected chi connectivity index (χ4v) is 3.78. The molecule has 178 valence electrons. The van der Waals surface area contributed by atoms with Crippen molar-refractivity contribution in [2.75, 3.05) is 6.61 Å². The number of unbranched alkanes of at least 4 members (excludes halogenated alkanes) is 4. The minimum atomic E-state index is -0.395. The van der Waals surface area contributed by atoms with Crippen LogP contribution in [0.3, 0.4) is 0 Å². The van der Waals surface area contributed by atoms with Crippen LogP contribution in [0.1, 0.15) is 54.9 Å². The molecule has 0 radical (unpaired) electrons. The Kier molecular flexibility index (Phi) is 8.66. The molecule has 4 aromatic carbocycles. The van der Waals surface area contributed by atoms with Crippen LogP contribution >= 0.6 is 0 Å². The standard InChI is InChI=1S/C31H31NO3/c1-2-3-4-5-8-21-34-29-19-14-26(15-20-29)31(33)35-30-17-11-24(12-18-30)23-32-28-16-13-25-9-6-7-10-27(25)22-28/h6-7,9-20,22-23H,2-5,8,21H2,1H3. The molecule has 0 spiro atoms. The zero-order valence-electron chi connectivity index (χ0n) is 20.2. The highest BCUT2D eigenvalue weighted by molar-refractivity contribution is 5.91. The first-order valence-electron chi connectivity index (χ1n) is 12.3. The predicted molar refractivity (Wildman–Crippen MR) is 143 cm³/mol. The van der Waals surface area contributed by atoms with Crippen molar-refractivity contribution in [1.82, 2.24) is 0 Å². The van der Waals surface area contributed by atoms with Crippen molar-refractivity contribution in [1.29, 1.82) is 0 Å². The molecule has 0 aromatic heterocycles. The Labute approximate surface area is 207 Å². The summed E-state index contributed by atoms with van der Waals surface area (Å²) in [7, 11) is 0. The molecule has 0 aliphatic carbocycles. The summed E-state index contributed by atoms with van der Waals surface area (Å²) in [5.74, 6) is 0.867. The lowest BCUT2D eigenvalue weighted by Crippen LogP contribution is -2.08. The van der Waals surface area contributed by atoms with E-state index in [9.17, 15) is 4.79 Å². The van der Waals surface area contributed by atoms with Crippen molar-refractivity contribution < 1.29 is 14.3 Å². The van der Waals surface area contributed by atoms with Crippen LogP contribution in [0, 0.1) is 0 Å². The third-order valence-corrected chi connectivity index (χ3v) is 5.79. The molecule has 0 bridgehead atoms. The van der Waals surface area contributed by atoms with Gasteiger partial charge in [0.2, 0.25) is 0 Å². The summed E-state index contributed by atoms with van der Waals surface area (Å²) in [6.07, 6.45) is 7.81. The Bertz CT molecular complexity index is 1260. The number of nitrogens with zero attached hydrogens (tertiary/aromatic N) is 1. The molecule has 35 heavy (non-hydrogen) atoms. The molecular weight excluding hydrogens is 434 g/mol. The Hall–Kier alpha value is -3.92. The fourth-order valence-electron chi connectivity index (χ4n) is 3.78. The van der Waals surface area contributed by atoms with E-state index in [2.05, 4.69) is 36.2 Å². The minimum absolute atomic E-state index is 0.395. The van der Waals surface area contributed by atoms with Gasteiger partial charge < -0.3 is 9.47 Å². The van der Waals surface area contributed by atoms with E-state index in [4.69, 9.17) is 9.47 Å². The Morgan fingerprint density at radius 1 is 0.771 bits per heavy atom. The molecule has 0 N–H and O–H groups in total. The van der Waals surface area contributed by atoms with E-state index >= 15 is 0 Å². The molecule has 4 aromatic rings. The van der Waals surface area contributed by atoms with Gasteiger partial charge in [-0.25, -0.2) is 4.79 Å². The SMILES string of the molecule is CCCCCCCOc1ccc(C(=O)Oc2ccc(C=Nc3ccc4ccccc4c3)cc2)cc1. The molecule has 0 saturated carbocycles. The number of fused-ring (bicyclic) bond motifs is 1. The van der Waals surface area contributed by atoms with Gasteiger partial charge in [0, 0.05) is 6.21 Å². The maximum Gasteiger partial charge on any atom is 0.343 e. The van der Waals surface area contributed by atoms with Crippen LogP contribution in [0.2, 0.25) is 0 Å². The van der Waals surface area contributed by atoms with Crippen LogP contribution in [-0.2, 0) is 0 Å². The molecule has 0 aliphatic heterocycles. The first-order chi connectivity index (χ1) is 17.2. The second-order valence-corrected chi connectivity index (χ2v) is 8.54. The number of benzene rings is 4. The van der Waals surface area contributed by atoms with E-state index in [1.54, 1.807) is 30.5 Å². The maximum absolute atomic E-state index is 12.5. The summed E-state index contributed by atoms with van der Waals surface area (Å²) in [5, 5.41) is 2.35. The molecule has 0 atom stereocenters. The highest BCUT2D eigenvalue weighted by Gasteiger charge is 2.09. The lowest BCUT2D eigenvalue weighted by atomic mass is 10.1. The van der Waals surface area contributed by atoms with Crippen LogP contribution < -0.4 is 9.47 Å². The van der Waals surface area contributed by atoms with Crippen LogP contribution in [0.15, 0.2) is 96.0 Å². The summed E-state index contributed by atoms with van der Waals surface area (Å²) < 4.78 is 11.3. The molecule has 4 rings (SSSR count). The van der Waals surface area contributed by atoms with E-state index in [-0.39, 0.29) is 0 Å². The average molecular weight is 466 g/mol. The topological polar surface area (TPSA) is 47.9 Å². The molecule has 4 heteroatoms. The minimum Gasteiger partial charge on any atom is -0.494 e. The monoisotopic (exact) mass is 465 g/mol. The van der Waals surface area contributed by atoms with Gasteiger partial charge in [-0.05, 0) is 83.4 Å². The van der Waals surface area contributed by atoms with Gasteiger partial charge in [0.15, 0.2) is 0 Å². The average Bonchev–Trinajstić information content (AvgIpc) is 2.90. The van der Waals surface area contributed by atoms with E-state index in [1.807, 2.05) is 42.5 Å². The highest BCUT2D eigenvalue weighted by Crippen LogP contribution is 2.21. The summed E-state index contributed by atoms with van der Waals surface area (Å²) in [6, 6.07) is 28.7. The van der Waals surface area contributed by atoms with Crippen molar-refractivity contribution in [2.45, 2.75) is 39.0 Å². The smallest absolute Gasteiger partial charge is 0.343 e. The summed E-state index contributed by atoms with van der Waals surface area (Å²) >= 11 is 0. The molecule has 0 amide bonds. The number of hydrogen-bond donors (Lipinski definition) is 0. The zero-order valence-corrected chi connectivity index (χ0v) is 20.2. The second kappa shape index (κ2) is 12.5. The normalized spacial score (nSPS) is 11.1. The van der Waals surface area contributed by atoms with Crippen molar-refractivity contribution in [3.63, 3.8) is 0 Å². The number of rotatable bonds is 11. The van der Waals surface area contributed by atoms with E-state index in [0.717, 1.165) is 28.8 Å². The van der Waals surface area contributed by atoms with E-state index in [1.165, 1.54) is 31.1 Å². The first kappa shape index (κ1) is 24.2. The van der Waals surface area contributed by atoms with Crippen molar-refractivity contribution in [2.24, 2.45) is 4.99 Å². The maximum atomic E-state index is 12.5. The van der Waals surface area contributed by atoms with Gasteiger partial charge in [0.1, 0.15) is 11.5 Å². The zero-order chi connectivity index (χ0) is 24.3. The number of ether oxygens (including phenoxy) is 2. The second-order valence-electron chi connectivity index (χ2n) is 8.54. The number of carbonyl (C=O) groups is 1. The molecular formula is C31H31NO3. The lowest BCUT2D eigenvalue weighted by molar-refractivity contribution is 0.0734. The van der Waals surface area contributed by atoms with Gasteiger partial charge in [-0.3, -0.25) is 4.99 Å². The number of carbonyl (C=O) groups excluding carboxylic acids is 1. The predicted octanol–water partition coefficient (Wildman–Crippen LogP) is 8.16. The third kappa shape index (κ3) is 7.28. The van der Waals surface area contributed by atoms with Crippen molar-refractivity contribution >= 4 is 28.6 Å². The first-order valence-corrected chi connectivity index (χ1v) is 12.3. The van der Waals surface area contributed by atoms with Crippen LogP contribution in [0.5, 0.6) is 11.5 Å². The molecule has 0 aliphatic rings. The van der Waals surface area contributed by atoms with Gasteiger partial charge in [-0.1, -0.05) is 62.9 Å². The van der Waals surface area contributed by atoms with Crippen LogP contribution in [0.4, 0.5) is 5.69 Å². The van der Waals surface area contributed by atoms with E-state index < -0.39 is 5.97 Å². The molecule has 4 nitrogen and oxygen atoms in total. The van der Waals surface area contributed by atoms with Crippen molar-refractivity contribution in [3.8, 4) is 11.5 Å². The van der Waals surface area contributed by atoms with Gasteiger partial charge >= 0.3 is 5.97 Å². The molecule has 0 unspecified atom stereocenters. The Morgan fingerprint density at radius 3 is 2.26 bits per heavy atom. The number of aliphatic imine (C=N–C) groups is 1. The Balaban J connectivity index is 1.27. The number of esters is 1. The van der Waals surface area contributed by atoms with Crippen LogP contribution in [-0.4, -0.2) is 18.8 Å². The highest BCUT2D eigenvalue weighted by atomic mass is 16.5.